The van der Waals surface area contributed by atoms with E-state index in [1.807, 2.05) is 40.8 Å². The summed E-state index contributed by atoms with van der Waals surface area (Å²) >= 11 is 0. The van der Waals surface area contributed by atoms with Crippen LogP contribution in [0.5, 0.6) is 0 Å². The Balaban J connectivity index is 2.01. The van der Waals surface area contributed by atoms with Crippen molar-refractivity contribution >= 4 is 28.6 Å². The van der Waals surface area contributed by atoms with Crippen LogP contribution in [0.25, 0.3) is 34.0 Å². The molecule has 0 saturated carbocycles. The van der Waals surface area contributed by atoms with Gasteiger partial charge in [0, 0.05) is 11.6 Å². The van der Waals surface area contributed by atoms with Gasteiger partial charge in [-0.3, -0.25) is 9.20 Å². The van der Waals surface area contributed by atoms with E-state index < -0.39 is 5.97 Å². The number of carboxylic acid groups (broad SMARTS) is 1. The molecule has 4 rings (SSSR count). The minimum Gasteiger partial charge on any atom is -0.478 e. The first-order valence-electron chi connectivity index (χ1n) is 7.63. The van der Waals surface area contributed by atoms with Crippen LogP contribution in [0.2, 0.25) is 0 Å². The van der Waals surface area contributed by atoms with Crippen LogP contribution in [0, 0.1) is 0 Å². The van der Waals surface area contributed by atoms with Gasteiger partial charge in [0.05, 0.1) is 17.2 Å². The molecular weight excluding hydrogens is 318 g/mol. The average Bonchev–Trinajstić information content (AvgIpc) is 3.06. The van der Waals surface area contributed by atoms with Crippen molar-refractivity contribution < 1.29 is 9.90 Å². The van der Waals surface area contributed by atoms with E-state index in [1.165, 1.54) is 6.08 Å². The normalized spacial score (nSPS) is 11.5. The molecule has 6 nitrogen and oxygen atoms in total. The minimum atomic E-state index is -1.02. The predicted molar refractivity (Wildman–Crippen MR) is 95.4 cm³/mol. The van der Waals surface area contributed by atoms with Crippen LogP contribution in [-0.4, -0.2) is 25.4 Å². The Bertz CT molecular complexity index is 1190. The molecule has 0 bridgehead atoms. The van der Waals surface area contributed by atoms with Gasteiger partial charge in [-0.1, -0.05) is 36.4 Å². The first kappa shape index (κ1) is 14.9. The third-order valence-electron chi connectivity index (χ3n) is 3.95. The van der Waals surface area contributed by atoms with Gasteiger partial charge in [0.15, 0.2) is 0 Å². The van der Waals surface area contributed by atoms with Crippen molar-refractivity contribution in [3.63, 3.8) is 0 Å². The molecule has 0 amide bonds. The van der Waals surface area contributed by atoms with Crippen molar-refractivity contribution in [2.75, 3.05) is 0 Å². The third kappa shape index (κ3) is 2.59. The molecule has 2 N–H and O–H groups in total. The fourth-order valence-electron chi connectivity index (χ4n) is 2.85. The van der Waals surface area contributed by atoms with Gasteiger partial charge in [-0.15, -0.1) is 0 Å². The molecule has 0 aliphatic carbocycles. The second-order valence-corrected chi connectivity index (χ2v) is 5.57. The lowest BCUT2D eigenvalue weighted by Gasteiger charge is -2.07. The standard InChI is InChI=1S/C19H13N3O3/c23-17(24)9-7-12-6-8-15-14(10-12)21-19(25)16-11-20-18(22(15)16)13-4-2-1-3-5-13/h1-11H,(H,21,25)(H,23,24)/b9-7+. The molecule has 0 aliphatic rings. The van der Waals surface area contributed by atoms with Gasteiger partial charge in [-0.2, -0.15) is 0 Å². The van der Waals surface area contributed by atoms with Gasteiger partial charge in [-0.25, -0.2) is 9.78 Å². The molecule has 0 spiro atoms. The van der Waals surface area contributed by atoms with Crippen LogP contribution in [0.1, 0.15) is 5.56 Å². The first-order chi connectivity index (χ1) is 12.1. The van der Waals surface area contributed by atoms with Crippen molar-refractivity contribution in [1.29, 1.82) is 0 Å². The molecule has 122 valence electrons. The maximum atomic E-state index is 12.4. The summed E-state index contributed by atoms with van der Waals surface area (Å²) in [5.41, 5.74) is 3.20. The largest absolute Gasteiger partial charge is 0.478 e. The lowest BCUT2D eigenvalue weighted by atomic mass is 10.1. The molecule has 2 aromatic carbocycles. The van der Waals surface area contributed by atoms with Crippen molar-refractivity contribution in [3.05, 3.63) is 76.7 Å². The second kappa shape index (κ2) is 5.76. The maximum absolute atomic E-state index is 12.4. The number of benzene rings is 2. The summed E-state index contributed by atoms with van der Waals surface area (Å²) in [6.07, 6.45) is 4.10. The summed E-state index contributed by atoms with van der Waals surface area (Å²) in [6, 6.07) is 15.0. The number of rotatable bonds is 3. The number of H-pyrrole nitrogens is 1. The van der Waals surface area contributed by atoms with E-state index in [2.05, 4.69) is 9.97 Å². The highest BCUT2D eigenvalue weighted by Crippen LogP contribution is 2.23. The SMILES string of the molecule is O=C(O)/C=C/c1ccc2c(c1)[nH]c(=O)c1cnc(-c3ccccc3)n12. The average molecular weight is 331 g/mol. The number of aliphatic carboxylic acids is 1. The Kier molecular flexibility index (Phi) is 3.43. The fraction of sp³-hybridized carbons (Fsp3) is 0. The predicted octanol–water partition coefficient (Wildman–Crippen LogP) is 2.94. The Hall–Kier alpha value is -3.67. The molecule has 4 aromatic rings. The summed E-state index contributed by atoms with van der Waals surface area (Å²) in [4.78, 5) is 30.3. The number of carbonyl (C=O) groups is 1. The van der Waals surface area contributed by atoms with Crippen LogP contribution in [0.4, 0.5) is 0 Å². The van der Waals surface area contributed by atoms with Gasteiger partial charge < -0.3 is 10.1 Å². The summed E-state index contributed by atoms with van der Waals surface area (Å²) in [5, 5.41) is 8.75. The molecule has 0 atom stereocenters. The summed E-state index contributed by atoms with van der Waals surface area (Å²) in [7, 11) is 0. The van der Waals surface area contributed by atoms with Crippen molar-refractivity contribution in [3.8, 4) is 11.4 Å². The molecule has 0 unspecified atom stereocenters. The van der Waals surface area contributed by atoms with Crippen LogP contribution in [0.15, 0.2) is 65.6 Å². The quantitative estimate of drug-likeness (QED) is 0.565. The topological polar surface area (TPSA) is 87.5 Å². The van der Waals surface area contributed by atoms with Gasteiger partial charge in [0.25, 0.3) is 5.56 Å². The van der Waals surface area contributed by atoms with E-state index in [1.54, 1.807) is 18.3 Å². The molecule has 0 aliphatic heterocycles. The second-order valence-electron chi connectivity index (χ2n) is 5.57. The highest BCUT2D eigenvalue weighted by Gasteiger charge is 2.12. The highest BCUT2D eigenvalue weighted by atomic mass is 16.4. The highest BCUT2D eigenvalue weighted by molar-refractivity contribution is 5.87. The van der Waals surface area contributed by atoms with E-state index in [0.717, 1.165) is 17.2 Å². The zero-order chi connectivity index (χ0) is 17.4. The van der Waals surface area contributed by atoms with Crippen molar-refractivity contribution in [2.24, 2.45) is 0 Å². The van der Waals surface area contributed by atoms with Crippen molar-refractivity contribution in [1.82, 2.24) is 14.4 Å². The van der Waals surface area contributed by atoms with Crippen LogP contribution < -0.4 is 5.56 Å². The Morgan fingerprint density at radius 1 is 1.12 bits per heavy atom. The molecular formula is C19H13N3O3. The summed E-state index contributed by atoms with van der Waals surface area (Å²) in [6.45, 7) is 0. The minimum absolute atomic E-state index is 0.249. The van der Waals surface area contributed by atoms with Crippen LogP contribution >= 0.6 is 0 Å². The number of hydrogen-bond acceptors (Lipinski definition) is 3. The van der Waals surface area contributed by atoms with E-state index in [0.29, 0.717) is 22.4 Å². The summed E-state index contributed by atoms with van der Waals surface area (Å²) in [5.74, 6) is -0.342. The Labute approximate surface area is 141 Å². The summed E-state index contributed by atoms with van der Waals surface area (Å²) < 4.78 is 1.81. The number of nitrogens with one attached hydrogen (secondary N) is 1. The van der Waals surface area contributed by atoms with E-state index >= 15 is 0 Å². The van der Waals surface area contributed by atoms with Gasteiger partial charge in [-0.05, 0) is 23.8 Å². The van der Waals surface area contributed by atoms with Gasteiger partial charge >= 0.3 is 5.97 Å². The molecule has 2 aromatic heterocycles. The van der Waals surface area contributed by atoms with E-state index in [-0.39, 0.29) is 5.56 Å². The molecule has 0 saturated heterocycles. The molecule has 6 heteroatoms. The maximum Gasteiger partial charge on any atom is 0.328 e. The van der Waals surface area contributed by atoms with Crippen LogP contribution in [0.3, 0.4) is 0 Å². The number of imidazole rings is 1. The van der Waals surface area contributed by atoms with Gasteiger partial charge in [0.2, 0.25) is 0 Å². The molecule has 2 heterocycles. The lowest BCUT2D eigenvalue weighted by Crippen LogP contribution is -2.10. The fourth-order valence-corrected chi connectivity index (χ4v) is 2.85. The number of carboxylic acids is 1. The smallest absolute Gasteiger partial charge is 0.328 e. The number of nitrogens with zero attached hydrogens (tertiary/aromatic N) is 2. The number of fused-ring (bicyclic) bond motifs is 3. The molecule has 0 fully saturated rings. The monoisotopic (exact) mass is 331 g/mol. The first-order valence-corrected chi connectivity index (χ1v) is 7.63. The van der Waals surface area contributed by atoms with Crippen molar-refractivity contribution in [2.45, 2.75) is 0 Å². The van der Waals surface area contributed by atoms with Gasteiger partial charge in [0.1, 0.15) is 11.3 Å². The lowest BCUT2D eigenvalue weighted by molar-refractivity contribution is -0.131. The molecule has 0 radical (unpaired) electrons. The zero-order valence-corrected chi connectivity index (χ0v) is 13.0. The Morgan fingerprint density at radius 2 is 1.92 bits per heavy atom. The number of hydrogen-bond donors (Lipinski definition) is 2. The number of aromatic amines is 1. The number of aromatic nitrogens is 3. The zero-order valence-electron chi connectivity index (χ0n) is 13.0. The molecule has 25 heavy (non-hydrogen) atoms. The van der Waals surface area contributed by atoms with E-state index in [9.17, 15) is 9.59 Å². The Morgan fingerprint density at radius 3 is 2.68 bits per heavy atom. The van der Waals surface area contributed by atoms with Crippen LogP contribution in [-0.2, 0) is 4.79 Å². The van der Waals surface area contributed by atoms with E-state index in [4.69, 9.17) is 5.11 Å². The third-order valence-corrected chi connectivity index (χ3v) is 3.95.